The number of sulfonamides is 1. The van der Waals surface area contributed by atoms with E-state index in [1.807, 2.05) is 24.3 Å². The van der Waals surface area contributed by atoms with Crippen molar-refractivity contribution in [2.24, 2.45) is 5.14 Å². The van der Waals surface area contributed by atoms with Gasteiger partial charge >= 0.3 is 6.01 Å². The van der Waals surface area contributed by atoms with Crippen molar-refractivity contribution in [2.75, 3.05) is 0 Å². The van der Waals surface area contributed by atoms with Gasteiger partial charge in [-0.25, -0.2) is 18.2 Å². The molecule has 0 spiro atoms. The molecule has 0 saturated carbocycles. The highest BCUT2D eigenvalue weighted by molar-refractivity contribution is 9.10. The lowest BCUT2D eigenvalue weighted by Gasteiger charge is -2.06. The number of nitrogens with two attached hydrogens (primary N) is 1. The fraction of sp³-hybridized carbons (Fsp3) is 0. The minimum Gasteiger partial charge on any atom is -0.478 e. The first kappa shape index (κ1) is 15.7. The molecule has 3 aromatic rings. The van der Waals surface area contributed by atoms with Crippen LogP contribution < -0.4 is 5.14 Å². The number of benzene rings is 2. The molecule has 0 saturated heterocycles. The van der Waals surface area contributed by atoms with Gasteiger partial charge in [0.15, 0.2) is 5.82 Å². The SMILES string of the molecule is NS(=O)(=O)c1ccc(-n2nc(O)nc2-c2ccc(Br)cc2)cc1. The maximum absolute atomic E-state index is 11.3. The third-order valence-electron chi connectivity index (χ3n) is 3.11. The molecular formula is C14H11BrN4O3S. The molecule has 23 heavy (non-hydrogen) atoms. The predicted octanol–water partition coefficient (Wildman–Crippen LogP) is 2.05. The third-order valence-corrected chi connectivity index (χ3v) is 4.57. The maximum Gasteiger partial charge on any atom is 0.333 e. The summed E-state index contributed by atoms with van der Waals surface area (Å²) in [6, 6.07) is 12.8. The Balaban J connectivity index is 2.09. The van der Waals surface area contributed by atoms with E-state index < -0.39 is 10.0 Å². The van der Waals surface area contributed by atoms with Crippen LogP contribution in [0.2, 0.25) is 0 Å². The molecule has 0 aliphatic rings. The van der Waals surface area contributed by atoms with Crippen LogP contribution in [0, 0.1) is 0 Å². The lowest BCUT2D eigenvalue weighted by Crippen LogP contribution is -2.12. The summed E-state index contributed by atoms with van der Waals surface area (Å²) < 4.78 is 24.9. The summed E-state index contributed by atoms with van der Waals surface area (Å²) in [6.45, 7) is 0. The molecule has 3 rings (SSSR count). The Morgan fingerprint density at radius 1 is 1.04 bits per heavy atom. The van der Waals surface area contributed by atoms with E-state index in [2.05, 4.69) is 26.0 Å². The summed E-state index contributed by atoms with van der Waals surface area (Å²) in [7, 11) is -3.76. The van der Waals surface area contributed by atoms with Crippen LogP contribution in [0.4, 0.5) is 0 Å². The first-order valence-corrected chi connectivity index (χ1v) is 8.74. The van der Waals surface area contributed by atoms with Gasteiger partial charge in [0.25, 0.3) is 0 Å². The third kappa shape index (κ3) is 3.26. The van der Waals surface area contributed by atoms with Crippen LogP contribution in [0.15, 0.2) is 57.9 Å². The van der Waals surface area contributed by atoms with Crippen molar-refractivity contribution in [1.82, 2.24) is 14.8 Å². The molecule has 2 aromatic carbocycles. The minimum absolute atomic E-state index is 0.00391. The molecule has 118 valence electrons. The fourth-order valence-electron chi connectivity index (χ4n) is 2.04. The second-order valence-electron chi connectivity index (χ2n) is 4.69. The van der Waals surface area contributed by atoms with Gasteiger partial charge in [-0.2, -0.15) is 4.98 Å². The van der Waals surface area contributed by atoms with Gasteiger partial charge in [-0.3, -0.25) is 0 Å². The van der Waals surface area contributed by atoms with Gasteiger partial charge in [0.05, 0.1) is 10.6 Å². The average Bonchev–Trinajstić information content (AvgIpc) is 2.89. The second-order valence-corrected chi connectivity index (χ2v) is 7.17. The topological polar surface area (TPSA) is 111 Å². The molecule has 0 amide bonds. The van der Waals surface area contributed by atoms with E-state index in [-0.39, 0.29) is 10.9 Å². The second kappa shape index (κ2) is 5.76. The number of primary sulfonamides is 1. The molecule has 0 atom stereocenters. The highest BCUT2D eigenvalue weighted by atomic mass is 79.9. The Bertz CT molecular complexity index is 951. The molecule has 0 radical (unpaired) electrons. The molecule has 0 bridgehead atoms. The van der Waals surface area contributed by atoms with E-state index in [4.69, 9.17) is 5.14 Å². The lowest BCUT2D eigenvalue weighted by molar-refractivity contribution is 0.430. The first-order chi connectivity index (χ1) is 10.8. The Labute approximate surface area is 140 Å². The van der Waals surface area contributed by atoms with Gasteiger partial charge in [-0.1, -0.05) is 28.1 Å². The predicted molar refractivity (Wildman–Crippen MR) is 87.5 cm³/mol. The molecule has 7 nitrogen and oxygen atoms in total. The first-order valence-electron chi connectivity index (χ1n) is 6.40. The standard InChI is InChI=1S/C14H11BrN4O3S/c15-10-3-1-9(2-4-10)13-17-14(20)18-19(13)11-5-7-12(8-6-11)23(16,21)22/h1-8H,(H,18,20)(H2,16,21,22). The van der Waals surface area contributed by atoms with E-state index in [1.54, 1.807) is 0 Å². The van der Waals surface area contributed by atoms with Crippen molar-refractivity contribution in [3.8, 4) is 23.1 Å². The zero-order chi connectivity index (χ0) is 16.6. The fourth-order valence-corrected chi connectivity index (χ4v) is 2.82. The van der Waals surface area contributed by atoms with E-state index in [9.17, 15) is 13.5 Å². The molecular weight excluding hydrogens is 384 g/mol. The molecule has 0 fully saturated rings. The van der Waals surface area contributed by atoms with Crippen molar-refractivity contribution < 1.29 is 13.5 Å². The molecule has 1 heterocycles. The van der Waals surface area contributed by atoms with Gasteiger partial charge in [0, 0.05) is 10.0 Å². The smallest absolute Gasteiger partial charge is 0.333 e. The van der Waals surface area contributed by atoms with Gasteiger partial charge in [-0.05, 0) is 36.4 Å². The summed E-state index contributed by atoms with van der Waals surface area (Å²) in [4.78, 5) is 4.00. The summed E-state index contributed by atoms with van der Waals surface area (Å²) >= 11 is 3.35. The van der Waals surface area contributed by atoms with Crippen LogP contribution in [0.5, 0.6) is 6.01 Å². The maximum atomic E-state index is 11.3. The van der Waals surface area contributed by atoms with Gasteiger partial charge in [0.2, 0.25) is 10.0 Å². The largest absolute Gasteiger partial charge is 0.478 e. The Morgan fingerprint density at radius 2 is 1.65 bits per heavy atom. The van der Waals surface area contributed by atoms with Crippen molar-refractivity contribution in [1.29, 1.82) is 0 Å². The van der Waals surface area contributed by atoms with Crippen molar-refractivity contribution >= 4 is 26.0 Å². The highest BCUT2D eigenvalue weighted by Gasteiger charge is 2.14. The van der Waals surface area contributed by atoms with E-state index in [0.29, 0.717) is 11.5 Å². The van der Waals surface area contributed by atoms with E-state index in [1.165, 1.54) is 28.9 Å². The molecule has 3 N–H and O–H groups in total. The number of hydrogen-bond donors (Lipinski definition) is 2. The molecule has 9 heteroatoms. The summed E-state index contributed by atoms with van der Waals surface area (Å²) in [6.07, 6.45) is 0. The lowest BCUT2D eigenvalue weighted by atomic mass is 10.2. The highest BCUT2D eigenvalue weighted by Crippen LogP contribution is 2.25. The van der Waals surface area contributed by atoms with Gasteiger partial charge in [-0.15, -0.1) is 5.10 Å². The molecule has 0 aliphatic carbocycles. The normalized spacial score (nSPS) is 11.6. The number of halogens is 1. The Morgan fingerprint density at radius 3 is 2.22 bits per heavy atom. The average molecular weight is 395 g/mol. The zero-order valence-corrected chi connectivity index (χ0v) is 14.0. The van der Waals surface area contributed by atoms with E-state index >= 15 is 0 Å². The summed E-state index contributed by atoms with van der Waals surface area (Å²) in [5.74, 6) is 0.429. The van der Waals surface area contributed by atoms with Gasteiger partial charge < -0.3 is 5.11 Å². The number of rotatable bonds is 3. The summed E-state index contributed by atoms with van der Waals surface area (Å²) in [5, 5.41) is 18.6. The van der Waals surface area contributed by atoms with Crippen LogP contribution in [0.3, 0.4) is 0 Å². The van der Waals surface area contributed by atoms with Crippen LogP contribution in [0.1, 0.15) is 0 Å². The molecule has 0 aliphatic heterocycles. The van der Waals surface area contributed by atoms with Crippen molar-refractivity contribution in [3.05, 3.63) is 53.0 Å². The molecule has 1 aromatic heterocycles. The van der Waals surface area contributed by atoms with E-state index in [0.717, 1.165) is 10.0 Å². The number of hydrogen-bond acceptors (Lipinski definition) is 5. The monoisotopic (exact) mass is 394 g/mol. The Hall–Kier alpha value is -2.23. The van der Waals surface area contributed by atoms with Crippen LogP contribution in [0.25, 0.3) is 17.1 Å². The van der Waals surface area contributed by atoms with Crippen LogP contribution in [-0.4, -0.2) is 28.3 Å². The number of aromatic hydroxyl groups is 1. The van der Waals surface area contributed by atoms with Crippen LogP contribution >= 0.6 is 15.9 Å². The number of nitrogens with zero attached hydrogens (tertiary/aromatic N) is 3. The Kier molecular flexibility index (Phi) is 3.92. The zero-order valence-electron chi connectivity index (χ0n) is 11.6. The van der Waals surface area contributed by atoms with Gasteiger partial charge in [0.1, 0.15) is 0 Å². The van der Waals surface area contributed by atoms with Crippen LogP contribution in [-0.2, 0) is 10.0 Å². The molecule has 0 unspecified atom stereocenters. The van der Waals surface area contributed by atoms with Crippen molar-refractivity contribution in [2.45, 2.75) is 4.90 Å². The number of aromatic nitrogens is 3. The summed E-state index contributed by atoms with van der Waals surface area (Å²) in [5.41, 5.74) is 1.29. The quantitative estimate of drug-likeness (QED) is 0.705. The van der Waals surface area contributed by atoms with Crippen molar-refractivity contribution in [3.63, 3.8) is 0 Å². The minimum atomic E-state index is -3.76.